The highest BCUT2D eigenvalue weighted by atomic mass is 16.5. The molecule has 2 aromatic heterocycles. The Kier molecular flexibility index (Phi) is 4.77. The molecule has 0 radical (unpaired) electrons. The van der Waals surface area contributed by atoms with Gasteiger partial charge in [-0.3, -0.25) is 14.2 Å². The van der Waals surface area contributed by atoms with Crippen molar-refractivity contribution in [1.29, 1.82) is 0 Å². The van der Waals surface area contributed by atoms with Crippen LogP contribution >= 0.6 is 0 Å². The number of aryl methyl sites for hydroxylation is 1. The van der Waals surface area contributed by atoms with E-state index in [1.807, 2.05) is 20.8 Å². The molecule has 8 heteroatoms. The number of ether oxygens (including phenoxy) is 1. The Labute approximate surface area is 139 Å². The SMILES string of the molecule is CCOc1ccnc2c1c(=O)n(CC(=O)NC(C)(C)C)c(=O)n2C. The fraction of sp³-hybridized carbons (Fsp3) is 0.500. The molecular weight excluding hydrogens is 312 g/mol. The predicted octanol–water partition coefficient (Wildman–Crippen LogP) is 0.409. The quantitative estimate of drug-likeness (QED) is 0.874. The van der Waals surface area contributed by atoms with Gasteiger partial charge >= 0.3 is 5.69 Å². The number of fused-ring (bicyclic) bond motifs is 1. The molecule has 2 heterocycles. The molecule has 0 atom stereocenters. The van der Waals surface area contributed by atoms with Crippen LogP contribution in [0.25, 0.3) is 11.0 Å². The van der Waals surface area contributed by atoms with E-state index in [1.165, 1.54) is 17.8 Å². The van der Waals surface area contributed by atoms with Gasteiger partial charge in [0.05, 0.1) is 6.61 Å². The van der Waals surface area contributed by atoms with E-state index in [2.05, 4.69) is 10.3 Å². The molecule has 0 saturated heterocycles. The number of aromatic nitrogens is 3. The molecule has 0 unspecified atom stereocenters. The molecule has 0 aromatic carbocycles. The van der Waals surface area contributed by atoms with Gasteiger partial charge in [-0.25, -0.2) is 14.3 Å². The Morgan fingerprint density at radius 1 is 1.33 bits per heavy atom. The van der Waals surface area contributed by atoms with E-state index in [-0.39, 0.29) is 17.6 Å². The van der Waals surface area contributed by atoms with Gasteiger partial charge in [0.15, 0.2) is 5.65 Å². The van der Waals surface area contributed by atoms with Crippen LogP contribution < -0.4 is 21.3 Å². The summed E-state index contributed by atoms with van der Waals surface area (Å²) < 4.78 is 7.60. The first-order chi connectivity index (χ1) is 11.2. The third-order valence-electron chi connectivity index (χ3n) is 3.30. The van der Waals surface area contributed by atoms with Crippen LogP contribution in [0.15, 0.2) is 21.9 Å². The zero-order valence-corrected chi connectivity index (χ0v) is 14.5. The summed E-state index contributed by atoms with van der Waals surface area (Å²) in [5.74, 6) is -0.0732. The number of carbonyl (C=O) groups excluding carboxylic acids is 1. The molecular formula is C16H22N4O4. The number of carbonyl (C=O) groups is 1. The molecule has 1 N–H and O–H groups in total. The zero-order chi connectivity index (χ0) is 18.1. The highest BCUT2D eigenvalue weighted by Crippen LogP contribution is 2.18. The van der Waals surface area contributed by atoms with Gasteiger partial charge < -0.3 is 10.1 Å². The Balaban J connectivity index is 2.63. The summed E-state index contributed by atoms with van der Waals surface area (Å²) >= 11 is 0. The number of hydrogen-bond donors (Lipinski definition) is 1. The Bertz CT molecular complexity index is 890. The molecule has 130 valence electrons. The van der Waals surface area contributed by atoms with Gasteiger partial charge in [0.1, 0.15) is 17.7 Å². The Morgan fingerprint density at radius 3 is 2.58 bits per heavy atom. The second-order valence-electron chi connectivity index (χ2n) is 6.47. The van der Waals surface area contributed by atoms with Gasteiger partial charge in [-0.15, -0.1) is 0 Å². The normalized spacial score (nSPS) is 11.5. The van der Waals surface area contributed by atoms with Crippen molar-refractivity contribution in [2.75, 3.05) is 6.61 Å². The van der Waals surface area contributed by atoms with Crippen LogP contribution in [0.3, 0.4) is 0 Å². The number of nitrogens with one attached hydrogen (secondary N) is 1. The molecule has 8 nitrogen and oxygen atoms in total. The first kappa shape index (κ1) is 17.7. The molecule has 24 heavy (non-hydrogen) atoms. The lowest BCUT2D eigenvalue weighted by atomic mass is 10.1. The molecule has 0 saturated carbocycles. The van der Waals surface area contributed by atoms with Gasteiger partial charge in [-0.2, -0.15) is 0 Å². The number of rotatable bonds is 4. The predicted molar refractivity (Wildman–Crippen MR) is 90.3 cm³/mol. The third-order valence-corrected chi connectivity index (χ3v) is 3.30. The third kappa shape index (κ3) is 3.47. The van der Waals surface area contributed by atoms with Crippen LogP contribution in [0.2, 0.25) is 0 Å². The minimum atomic E-state index is -0.599. The number of pyridine rings is 1. The molecule has 0 spiro atoms. The van der Waals surface area contributed by atoms with Crippen molar-refractivity contribution in [2.24, 2.45) is 7.05 Å². The molecule has 2 aromatic rings. The van der Waals surface area contributed by atoms with Crippen molar-refractivity contribution in [2.45, 2.75) is 39.8 Å². The maximum Gasteiger partial charge on any atom is 0.332 e. The lowest BCUT2D eigenvalue weighted by molar-refractivity contribution is -0.123. The smallest absolute Gasteiger partial charge is 0.332 e. The van der Waals surface area contributed by atoms with Crippen molar-refractivity contribution < 1.29 is 9.53 Å². The maximum atomic E-state index is 12.7. The summed E-state index contributed by atoms with van der Waals surface area (Å²) in [5, 5.41) is 2.92. The van der Waals surface area contributed by atoms with E-state index in [1.54, 1.807) is 13.0 Å². The van der Waals surface area contributed by atoms with Crippen molar-refractivity contribution in [3.05, 3.63) is 33.1 Å². The summed E-state index contributed by atoms with van der Waals surface area (Å²) in [4.78, 5) is 41.4. The second-order valence-corrected chi connectivity index (χ2v) is 6.47. The molecule has 0 bridgehead atoms. The van der Waals surface area contributed by atoms with Gasteiger partial charge in [-0.05, 0) is 33.8 Å². The minimum Gasteiger partial charge on any atom is -0.493 e. The lowest BCUT2D eigenvalue weighted by Crippen LogP contribution is -2.47. The molecule has 0 aliphatic carbocycles. The van der Waals surface area contributed by atoms with E-state index in [0.29, 0.717) is 12.4 Å². The molecule has 1 amide bonds. The standard InChI is InChI=1S/C16H22N4O4/c1-6-24-10-7-8-17-13-12(10)14(22)20(15(23)19(13)5)9-11(21)18-16(2,3)4/h7-8H,6,9H2,1-5H3,(H,18,21). The summed E-state index contributed by atoms with van der Waals surface area (Å²) in [5.41, 5.74) is -1.42. The lowest BCUT2D eigenvalue weighted by Gasteiger charge is -2.21. The summed E-state index contributed by atoms with van der Waals surface area (Å²) in [7, 11) is 1.50. The minimum absolute atomic E-state index is 0.185. The first-order valence-corrected chi connectivity index (χ1v) is 7.68. The number of hydrogen-bond acceptors (Lipinski definition) is 5. The van der Waals surface area contributed by atoms with E-state index in [9.17, 15) is 14.4 Å². The zero-order valence-electron chi connectivity index (χ0n) is 14.5. The van der Waals surface area contributed by atoms with Crippen molar-refractivity contribution in [3.63, 3.8) is 0 Å². The number of nitrogens with zero attached hydrogens (tertiary/aromatic N) is 3. The van der Waals surface area contributed by atoms with Gasteiger partial charge in [0, 0.05) is 18.8 Å². The van der Waals surface area contributed by atoms with Crippen molar-refractivity contribution in [1.82, 2.24) is 19.4 Å². The van der Waals surface area contributed by atoms with Crippen molar-refractivity contribution in [3.8, 4) is 5.75 Å². The first-order valence-electron chi connectivity index (χ1n) is 7.68. The average Bonchev–Trinajstić information content (AvgIpc) is 2.48. The monoisotopic (exact) mass is 334 g/mol. The summed E-state index contributed by atoms with van der Waals surface area (Å²) in [6, 6.07) is 1.57. The highest BCUT2D eigenvalue weighted by Gasteiger charge is 2.20. The Hall–Kier alpha value is -2.64. The van der Waals surface area contributed by atoms with E-state index < -0.39 is 22.7 Å². The highest BCUT2D eigenvalue weighted by molar-refractivity contribution is 5.82. The van der Waals surface area contributed by atoms with Crippen molar-refractivity contribution >= 4 is 16.9 Å². The molecule has 0 aliphatic rings. The van der Waals surface area contributed by atoms with Crippen LogP contribution in [-0.2, 0) is 18.4 Å². The largest absolute Gasteiger partial charge is 0.493 e. The summed E-state index contributed by atoms with van der Waals surface area (Å²) in [6.07, 6.45) is 1.48. The fourth-order valence-corrected chi connectivity index (χ4v) is 2.40. The number of amides is 1. The Morgan fingerprint density at radius 2 is 2.00 bits per heavy atom. The van der Waals surface area contributed by atoms with Gasteiger partial charge in [0.2, 0.25) is 5.91 Å². The molecule has 0 fully saturated rings. The second kappa shape index (κ2) is 6.46. The fourth-order valence-electron chi connectivity index (χ4n) is 2.40. The maximum absolute atomic E-state index is 12.7. The van der Waals surface area contributed by atoms with Crippen LogP contribution in [0.1, 0.15) is 27.7 Å². The topological polar surface area (TPSA) is 95.2 Å². The van der Waals surface area contributed by atoms with Crippen LogP contribution in [-0.4, -0.2) is 32.2 Å². The van der Waals surface area contributed by atoms with Crippen LogP contribution in [0.5, 0.6) is 5.75 Å². The average molecular weight is 334 g/mol. The van der Waals surface area contributed by atoms with Gasteiger partial charge in [-0.1, -0.05) is 0 Å². The van der Waals surface area contributed by atoms with E-state index in [4.69, 9.17) is 4.74 Å². The van der Waals surface area contributed by atoms with E-state index >= 15 is 0 Å². The van der Waals surface area contributed by atoms with E-state index in [0.717, 1.165) is 4.57 Å². The van der Waals surface area contributed by atoms with Crippen LogP contribution in [0.4, 0.5) is 0 Å². The van der Waals surface area contributed by atoms with Crippen LogP contribution in [0, 0.1) is 0 Å². The molecule has 2 rings (SSSR count). The summed E-state index contributed by atoms with van der Waals surface area (Å²) in [6.45, 7) is 7.27. The van der Waals surface area contributed by atoms with Gasteiger partial charge in [0.25, 0.3) is 5.56 Å². The molecule has 0 aliphatic heterocycles.